The van der Waals surface area contributed by atoms with Crippen molar-refractivity contribution in [2.24, 2.45) is 5.10 Å². The summed E-state index contributed by atoms with van der Waals surface area (Å²) < 4.78 is 10.7. The number of hydrazone groups is 1. The predicted octanol–water partition coefficient (Wildman–Crippen LogP) is 3.32. The summed E-state index contributed by atoms with van der Waals surface area (Å²) in [5, 5.41) is 7.64. The van der Waals surface area contributed by atoms with Crippen LogP contribution in [0, 0.1) is 0 Å². The van der Waals surface area contributed by atoms with E-state index >= 15 is 0 Å². The van der Waals surface area contributed by atoms with Gasteiger partial charge in [-0.15, -0.1) is 0 Å². The van der Waals surface area contributed by atoms with Crippen molar-refractivity contribution < 1.29 is 9.47 Å². The van der Waals surface area contributed by atoms with Gasteiger partial charge in [0.2, 0.25) is 6.79 Å². The molecule has 1 heterocycles. The zero-order valence-corrected chi connectivity index (χ0v) is 13.3. The van der Waals surface area contributed by atoms with Gasteiger partial charge in [0.15, 0.2) is 16.6 Å². The largest absolute Gasteiger partial charge is 0.454 e. The number of fused-ring (bicyclic) bond motifs is 1. The molecule has 0 bridgehead atoms. The molecule has 0 fully saturated rings. The molecule has 5 nitrogen and oxygen atoms in total. The highest BCUT2D eigenvalue weighted by atomic mass is 32.1. The van der Waals surface area contributed by atoms with Gasteiger partial charge in [-0.2, -0.15) is 5.10 Å². The lowest BCUT2D eigenvalue weighted by molar-refractivity contribution is 0.174. The lowest BCUT2D eigenvalue weighted by atomic mass is 10.1. The number of rotatable bonds is 5. The van der Waals surface area contributed by atoms with Gasteiger partial charge in [-0.25, -0.2) is 0 Å². The molecule has 0 saturated heterocycles. The van der Waals surface area contributed by atoms with E-state index in [-0.39, 0.29) is 0 Å². The molecule has 2 aromatic rings. The highest BCUT2D eigenvalue weighted by Gasteiger charge is 2.12. The molecular weight excluding hydrogens is 310 g/mol. The summed E-state index contributed by atoms with van der Waals surface area (Å²) in [5.41, 5.74) is 4.92. The van der Waals surface area contributed by atoms with E-state index in [0.29, 0.717) is 11.9 Å². The summed E-state index contributed by atoms with van der Waals surface area (Å²) in [4.78, 5) is 0. The number of para-hydroxylation sites is 1. The van der Waals surface area contributed by atoms with Gasteiger partial charge in [0.1, 0.15) is 0 Å². The lowest BCUT2D eigenvalue weighted by Crippen LogP contribution is -2.23. The van der Waals surface area contributed by atoms with Crippen LogP contribution < -0.4 is 20.2 Å². The number of hydrogen-bond acceptors (Lipinski definition) is 4. The average molecular weight is 327 g/mol. The fraction of sp³-hybridized carbons (Fsp3) is 0.176. The predicted molar refractivity (Wildman–Crippen MR) is 95.2 cm³/mol. The van der Waals surface area contributed by atoms with Crippen LogP contribution in [0.3, 0.4) is 0 Å². The minimum atomic E-state index is 0.302. The molecule has 0 spiro atoms. The summed E-state index contributed by atoms with van der Waals surface area (Å²) in [6.07, 6.45) is 3.49. The van der Waals surface area contributed by atoms with E-state index in [9.17, 15) is 0 Å². The van der Waals surface area contributed by atoms with Crippen LogP contribution in [0.15, 0.2) is 53.6 Å². The quantitative estimate of drug-likeness (QED) is 0.501. The van der Waals surface area contributed by atoms with Crippen molar-refractivity contribution in [3.63, 3.8) is 0 Å². The van der Waals surface area contributed by atoms with Gasteiger partial charge in [0.25, 0.3) is 0 Å². The zero-order valence-electron chi connectivity index (χ0n) is 12.5. The molecule has 6 heteroatoms. The first-order valence-electron chi connectivity index (χ1n) is 7.33. The SMILES string of the molecule is S=C(N/N=C/CCc1ccc2c(c1)OCO2)Nc1ccccc1. The van der Waals surface area contributed by atoms with Crippen LogP contribution in [0.1, 0.15) is 12.0 Å². The van der Waals surface area contributed by atoms with Crippen LogP contribution in [0.4, 0.5) is 5.69 Å². The topological polar surface area (TPSA) is 54.9 Å². The maximum Gasteiger partial charge on any atom is 0.231 e. The fourth-order valence-corrected chi connectivity index (χ4v) is 2.35. The Morgan fingerprint density at radius 1 is 1.13 bits per heavy atom. The third kappa shape index (κ3) is 4.43. The third-order valence-corrected chi connectivity index (χ3v) is 3.48. The maximum atomic E-state index is 5.36. The summed E-state index contributed by atoms with van der Waals surface area (Å²) in [6.45, 7) is 0.302. The van der Waals surface area contributed by atoms with E-state index < -0.39 is 0 Å². The Hall–Kier alpha value is -2.60. The number of thiocarbonyl (C=S) groups is 1. The summed E-state index contributed by atoms with van der Waals surface area (Å²) in [6, 6.07) is 15.7. The van der Waals surface area contributed by atoms with Gasteiger partial charge in [-0.1, -0.05) is 24.3 Å². The molecule has 1 aliphatic heterocycles. The van der Waals surface area contributed by atoms with Crippen LogP contribution in [-0.4, -0.2) is 18.1 Å². The van der Waals surface area contributed by atoms with E-state index in [0.717, 1.165) is 30.0 Å². The van der Waals surface area contributed by atoms with E-state index in [1.54, 1.807) is 0 Å². The first-order chi connectivity index (χ1) is 11.3. The summed E-state index contributed by atoms with van der Waals surface area (Å²) >= 11 is 5.17. The minimum Gasteiger partial charge on any atom is -0.454 e. The van der Waals surface area contributed by atoms with Crippen molar-refractivity contribution in [3.05, 3.63) is 54.1 Å². The van der Waals surface area contributed by atoms with Gasteiger partial charge in [-0.05, 0) is 54.9 Å². The molecule has 23 heavy (non-hydrogen) atoms. The number of aryl methyl sites for hydroxylation is 1. The second-order valence-corrected chi connectivity index (χ2v) is 5.38. The standard InChI is InChI=1S/C17H17N3O2S/c23-17(19-14-6-2-1-3-7-14)20-18-10-4-5-13-8-9-15-16(11-13)22-12-21-15/h1-3,6-11H,4-5,12H2,(H2,19,20,23)/b18-10+. The van der Waals surface area contributed by atoms with Gasteiger partial charge in [0, 0.05) is 11.9 Å². The number of hydrogen-bond donors (Lipinski definition) is 2. The molecule has 0 aromatic heterocycles. The highest BCUT2D eigenvalue weighted by Crippen LogP contribution is 2.32. The van der Waals surface area contributed by atoms with Crippen molar-refractivity contribution >= 4 is 29.2 Å². The Morgan fingerprint density at radius 2 is 1.96 bits per heavy atom. The molecule has 118 valence electrons. The van der Waals surface area contributed by atoms with Crippen molar-refractivity contribution in [1.82, 2.24) is 5.43 Å². The second-order valence-electron chi connectivity index (χ2n) is 4.97. The molecule has 3 rings (SSSR count). The van der Waals surface area contributed by atoms with Crippen molar-refractivity contribution in [2.45, 2.75) is 12.8 Å². The van der Waals surface area contributed by atoms with Gasteiger partial charge < -0.3 is 14.8 Å². The van der Waals surface area contributed by atoms with Gasteiger partial charge in [-0.3, -0.25) is 5.43 Å². The van der Waals surface area contributed by atoms with Crippen LogP contribution >= 0.6 is 12.2 Å². The second kappa shape index (κ2) is 7.60. The normalized spacial score (nSPS) is 12.3. The zero-order chi connectivity index (χ0) is 15.9. The molecule has 0 saturated carbocycles. The molecule has 2 aromatic carbocycles. The Bertz CT molecular complexity index is 704. The van der Waals surface area contributed by atoms with Crippen LogP contribution in [0.25, 0.3) is 0 Å². The average Bonchev–Trinajstić information content (AvgIpc) is 3.03. The highest BCUT2D eigenvalue weighted by molar-refractivity contribution is 7.80. The molecule has 0 radical (unpaired) electrons. The number of nitrogens with one attached hydrogen (secondary N) is 2. The number of anilines is 1. The minimum absolute atomic E-state index is 0.302. The monoisotopic (exact) mass is 327 g/mol. The van der Waals surface area contributed by atoms with Crippen molar-refractivity contribution in [2.75, 3.05) is 12.1 Å². The fourth-order valence-electron chi connectivity index (χ4n) is 2.18. The molecule has 0 aliphatic carbocycles. The molecule has 0 unspecified atom stereocenters. The Kier molecular flexibility index (Phi) is 5.06. The first-order valence-corrected chi connectivity index (χ1v) is 7.74. The first kappa shape index (κ1) is 15.3. The molecule has 0 atom stereocenters. The number of nitrogens with zero attached hydrogens (tertiary/aromatic N) is 1. The van der Waals surface area contributed by atoms with E-state index in [1.807, 2.05) is 54.7 Å². The van der Waals surface area contributed by atoms with Crippen LogP contribution in [0.5, 0.6) is 11.5 Å². The Morgan fingerprint density at radius 3 is 2.83 bits per heavy atom. The molecule has 0 amide bonds. The summed E-state index contributed by atoms with van der Waals surface area (Å²) in [5.74, 6) is 1.62. The number of benzene rings is 2. The number of ether oxygens (including phenoxy) is 2. The molecular formula is C17H17N3O2S. The summed E-state index contributed by atoms with van der Waals surface area (Å²) in [7, 11) is 0. The van der Waals surface area contributed by atoms with E-state index in [1.165, 1.54) is 5.56 Å². The van der Waals surface area contributed by atoms with Gasteiger partial charge in [0.05, 0.1) is 0 Å². The van der Waals surface area contributed by atoms with Crippen LogP contribution in [0.2, 0.25) is 0 Å². The van der Waals surface area contributed by atoms with Crippen molar-refractivity contribution in [3.8, 4) is 11.5 Å². The smallest absolute Gasteiger partial charge is 0.231 e. The van der Waals surface area contributed by atoms with E-state index in [2.05, 4.69) is 15.8 Å². The van der Waals surface area contributed by atoms with Gasteiger partial charge >= 0.3 is 0 Å². The maximum absolute atomic E-state index is 5.36. The molecule has 1 aliphatic rings. The van der Waals surface area contributed by atoms with E-state index in [4.69, 9.17) is 21.7 Å². The Labute approximate surface area is 140 Å². The lowest BCUT2D eigenvalue weighted by Gasteiger charge is -2.06. The third-order valence-electron chi connectivity index (χ3n) is 3.29. The Balaban J connectivity index is 1.40. The van der Waals surface area contributed by atoms with Crippen LogP contribution in [-0.2, 0) is 6.42 Å². The molecule has 2 N–H and O–H groups in total. The van der Waals surface area contributed by atoms with Crippen molar-refractivity contribution in [1.29, 1.82) is 0 Å².